The van der Waals surface area contributed by atoms with Crippen LogP contribution in [0, 0.1) is 6.92 Å². The summed E-state index contributed by atoms with van der Waals surface area (Å²) in [5.74, 6) is 0.127. The van der Waals surface area contributed by atoms with Crippen LogP contribution in [-0.4, -0.2) is 15.1 Å². The highest BCUT2D eigenvalue weighted by molar-refractivity contribution is 6.30. The number of anilines is 1. The molecule has 5 heteroatoms. The van der Waals surface area contributed by atoms with E-state index in [9.17, 15) is 5.11 Å². The number of aliphatic hydroxyl groups is 1. The number of aryl methyl sites for hydroxylation is 1. The van der Waals surface area contributed by atoms with Crippen molar-refractivity contribution in [2.45, 2.75) is 33.8 Å². The van der Waals surface area contributed by atoms with Gasteiger partial charge in [-0.1, -0.05) is 25.4 Å². The van der Waals surface area contributed by atoms with E-state index in [-0.39, 0.29) is 11.1 Å². The van der Waals surface area contributed by atoms with Gasteiger partial charge in [-0.3, -0.25) is 0 Å². The van der Waals surface area contributed by atoms with E-state index >= 15 is 0 Å². The molecule has 0 aliphatic carbocycles. The van der Waals surface area contributed by atoms with Crippen LogP contribution >= 0.6 is 11.6 Å². The Morgan fingerprint density at radius 3 is 2.21 bits per heavy atom. The van der Waals surface area contributed by atoms with Gasteiger partial charge in [0.15, 0.2) is 0 Å². The highest BCUT2D eigenvalue weighted by Crippen LogP contribution is 2.23. The van der Waals surface area contributed by atoms with Crippen LogP contribution in [0.5, 0.6) is 0 Å². The van der Waals surface area contributed by atoms with Crippen LogP contribution in [0.25, 0.3) is 0 Å². The van der Waals surface area contributed by atoms with Crippen molar-refractivity contribution in [2.24, 2.45) is 0 Å². The molecule has 80 valence electrons. The molecule has 0 amide bonds. The summed E-state index contributed by atoms with van der Waals surface area (Å²) in [6, 6.07) is 0. The largest absolute Gasteiger partial charge is 0.389 e. The first-order chi connectivity index (χ1) is 6.52. The van der Waals surface area contributed by atoms with Gasteiger partial charge in [0.1, 0.15) is 5.15 Å². The lowest BCUT2D eigenvalue weighted by Crippen LogP contribution is -2.04. The second kappa shape index (κ2) is 5.78. The number of nitrogen functional groups attached to an aromatic ring is 1. The number of nitrogens with two attached hydrogens (primary N) is 1. The highest BCUT2D eigenvalue weighted by atomic mass is 35.5. The van der Waals surface area contributed by atoms with E-state index in [1.807, 2.05) is 13.8 Å². The predicted molar refractivity (Wildman–Crippen MR) is 58.2 cm³/mol. The van der Waals surface area contributed by atoms with Gasteiger partial charge in [0, 0.05) is 5.56 Å². The minimum absolute atomic E-state index is 0.127. The molecule has 1 aromatic heterocycles. The predicted octanol–water partition coefficient (Wildman–Crippen LogP) is 2.10. The number of aromatic nitrogens is 2. The van der Waals surface area contributed by atoms with Crippen molar-refractivity contribution in [2.75, 3.05) is 5.73 Å². The van der Waals surface area contributed by atoms with Crippen molar-refractivity contribution < 1.29 is 5.11 Å². The van der Waals surface area contributed by atoms with Gasteiger partial charge in [0.05, 0.1) is 11.8 Å². The fourth-order valence-electron chi connectivity index (χ4n) is 1.04. The van der Waals surface area contributed by atoms with Crippen LogP contribution in [-0.2, 0) is 0 Å². The van der Waals surface area contributed by atoms with E-state index in [1.165, 1.54) is 0 Å². The topological polar surface area (TPSA) is 72.0 Å². The molecule has 1 atom stereocenters. The molecule has 0 saturated carbocycles. The van der Waals surface area contributed by atoms with Gasteiger partial charge in [-0.2, -0.15) is 0 Å². The maximum absolute atomic E-state index is 9.27. The average Bonchev–Trinajstić information content (AvgIpc) is 2.04. The zero-order valence-corrected chi connectivity index (χ0v) is 9.63. The van der Waals surface area contributed by atoms with Gasteiger partial charge < -0.3 is 10.8 Å². The summed E-state index contributed by atoms with van der Waals surface area (Å²) in [6.45, 7) is 7.33. The Bertz CT molecular complexity index is 279. The number of nitrogens with zero attached hydrogens (tertiary/aromatic N) is 2. The summed E-state index contributed by atoms with van der Waals surface area (Å²) in [5.41, 5.74) is 6.49. The van der Waals surface area contributed by atoms with E-state index in [0.717, 1.165) is 0 Å². The van der Waals surface area contributed by atoms with Crippen LogP contribution in [0.2, 0.25) is 5.15 Å². The van der Waals surface area contributed by atoms with Crippen LogP contribution in [0.4, 0.5) is 5.95 Å². The molecule has 4 nitrogen and oxygen atoms in total. The van der Waals surface area contributed by atoms with Gasteiger partial charge in [-0.15, -0.1) is 0 Å². The fraction of sp³-hybridized carbons (Fsp3) is 0.556. The Labute approximate surface area is 89.1 Å². The molecular weight excluding hydrogens is 202 g/mol. The van der Waals surface area contributed by atoms with E-state index in [0.29, 0.717) is 11.3 Å². The second-order valence-electron chi connectivity index (χ2n) is 2.55. The number of aliphatic hydroxyl groups excluding tert-OH is 1. The standard InChI is InChI=1S/C7H10ClN3O.C2H6/c1-3-5(4(2)12)6(8)11-7(9)10-3;1-2/h4,12H,1-2H3,(H2,9,10,11);1-2H3. The Morgan fingerprint density at radius 2 is 1.86 bits per heavy atom. The summed E-state index contributed by atoms with van der Waals surface area (Å²) in [5, 5.41) is 9.49. The third-order valence-corrected chi connectivity index (χ3v) is 1.81. The minimum Gasteiger partial charge on any atom is -0.389 e. The van der Waals surface area contributed by atoms with Gasteiger partial charge in [0.2, 0.25) is 5.95 Å². The first-order valence-corrected chi connectivity index (χ1v) is 4.87. The molecule has 14 heavy (non-hydrogen) atoms. The quantitative estimate of drug-likeness (QED) is 0.707. The normalized spacial score (nSPS) is 11.6. The maximum Gasteiger partial charge on any atom is 0.221 e. The van der Waals surface area contributed by atoms with Crippen molar-refractivity contribution in [1.29, 1.82) is 0 Å². The summed E-state index contributed by atoms with van der Waals surface area (Å²) in [4.78, 5) is 7.61. The molecule has 0 fully saturated rings. The zero-order chi connectivity index (χ0) is 11.3. The molecule has 0 spiro atoms. The van der Waals surface area contributed by atoms with Gasteiger partial charge in [-0.05, 0) is 13.8 Å². The monoisotopic (exact) mass is 217 g/mol. The maximum atomic E-state index is 9.27. The van der Waals surface area contributed by atoms with Crippen LogP contribution in [0.3, 0.4) is 0 Å². The van der Waals surface area contributed by atoms with E-state index in [2.05, 4.69) is 9.97 Å². The average molecular weight is 218 g/mol. The van der Waals surface area contributed by atoms with E-state index in [1.54, 1.807) is 13.8 Å². The summed E-state index contributed by atoms with van der Waals surface area (Å²) >= 11 is 5.74. The molecule has 0 aliphatic rings. The minimum atomic E-state index is -0.668. The summed E-state index contributed by atoms with van der Waals surface area (Å²) in [6.07, 6.45) is -0.668. The third kappa shape index (κ3) is 3.12. The smallest absolute Gasteiger partial charge is 0.221 e. The number of rotatable bonds is 1. The Morgan fingerprint density at radius 1 is 1.36 bits per heavy atom. The van der Waals surface area contributed by atoms with Gasteiger partial charge >= 0.3 is 0 Å². The highest BCUT2D eigenvalue weighted by Gasteiger charge is 2.12. The molecule has 0 aromatic carbocycles. The van der Waals surface area contributed by atoms with Crippen LogP contribution in [0.1, 0.15) is 38.1 Å². The lowest BCUT2D eigenvalue weighted by molar-refractivity contribution is 0.197. The number of hydrogen-bond donors (Lipinski definition) is 2. The molecule has 0 bridgehead atoms. The molecule has 0 radical (unpaired) electrons. The Balaban J connectivity index is 0.000000791. The molecule has 0 aliphatic heterocycles. The van der Waals surface area contributed by atoms with Crippen LogP contribution in [0.15, 0.2) is 0 Å². The third-order valence-electron chi connectivity index (χ3n) is 1.52. The molecule has 0 saturated heterocycles. The van der Waals surface area contributed by atoms with Crippen molar-refractivity contribution in [3.8, 4) is 0 Å². The van der Waals surface area contributed by atoms with Crippen molar-refractivity contribution >= 4 is 17.5 Å². The lowest BCUT2D eigenvalue weighted by Gasteiger charge is -2.09. The summed E-state index contributed by atoms with van der Waals surface area (Å²) < 4.78 is 0. The van der Waals surface area contributed by atoms with Crippen molar-refractivity contribution in [3.05, 3.63) is 16.4 Å². The first-order valence-electron chi connectivity index (χ1n) is 4.50. The molecule has 1 heterocycles. The molecule has 1 unspecified atom stereocenters. The molecule has 1 aromatic rings. The van der Waals surface area contributed by atoms with Crippen molar-refractivity contribution in [1.82, 2.24) is 9.97 Å². The van der Waals surface area contributed by atoms with Crippen LogP contribution < -0.4 is 5.73 Å². The Hall–Kier alpha value is -0.870. The Kier molecular flexibility index (Phi) is 5.42. The number of hydrogen-bond acceptors (Lipinski definition) is 4. The van der Waals surface area contributed by atoms with E-state index in [4.69, 9.17) is 17.3 Å². The molecule has 1 rings (SSSR count). The summed E-state index contributed by atoms with van der Waals surface area (Å²) in [7, 11) is 0. The van der Waals surface area contributed by atoms with Crippen molar-refractivity contribution in [3.63, 3.8) is 0 Å². The SMILES string of the molecule is CC.Cc1nc(N)nc(Cl)c1C(C)O. The second-order valence-corrected chi connectivity index (χ2v) is 2.91. The molecule has 3 N–H and O–H groups in total. The van der Waals surface area contributed by atoms with Gasteiger partial charge in [0.25, 0.3) is 0 Å². The zero-order valence-electron chi connectivity index (χ0n) is 8.87. The fourth-order valence-corrected chi connectivity index (χ4v) is 1.42. The lowest BCUT2D eigenvalue weighted by atomic mass is 10.1. The molecular formula is C9H16ClN3O. The first kappa shape index (κ1) is 13.1. The van der Waals surface area contributed by atoms with Gasteiger partial charge in [-0.25, -0.2) is 9.97 Å². The number of halogens is 1. The van der Waals surface area contributed by atoms with E-state index < -0.39 is 6.10 Å².